The first kappa shape index (κ1) is 19.0. The van der Waals surface area contributed by atoms with E-state index >= 15 is 0 Å². The Morgan fingerprint density at radius 2 is 2.04 bits per heavy atom. The normalized spacial score (nSPS) is 11.0. The molecule has 3 aromatic rings. The number of anilines is 1. The predicted molar refractivity (Wildman–Crippen MR) is 107 cm³/mol. The van der Waals surface area contributed by atoms with Gasteiger partial charge in [0.25, 0.3) is 0 Å². The Morgan fingerprint density at radius 3 is 2.77 bits per heavy atom. The van der Waals surface area contributed by atoms with Gasteiger partial charge in [0.15, 0.2) is 0 Å². The average molecular weight is 409 g/mol. The number of carbonyl (C=O) groups is 1. The van der Waals surface area contributed by atoms with Crippen molar-refractivity contribution in [3.63, 3.8) is 0 Å². The second-order valence-electron chi connectivity index (χ2n) is 5.79. The maximum Gasteiger partial charge on any atom is 0.225 e. The summed E-state index contributed by atoms with van der Waals surface area (Å²) in [5.74, 6) is 0.768. The van der Waals surface area contributed by atoms with Gasteiger partial charge < -0.3 is 9.73 Å². The van der Waals surface area contributed by atoms with Crippen LogP contribution in [-0.2, 0) is 17.9 Å². The van der Waals surface area contributed by atoms with Crippen LogP contribution < -0.4 is 5.32 Å². The fourth-order valence-corrected chi connectivity index (χ4v) is 3.61. The number of benzene rings is 1. The highest BCUT2D eigenvalue weighted by Gasteiger charge is 2.13. The predicted octanol–water partition coefficient (Wildman–Crippen LogP) is 5.68. The third kappa shape index (κ3) is 5.61. The van der Waals surface area contributed by atoms with Crippen LogP contribution in [0.4, 0.5) is 5.69 Å². The van der Waals surface area contributed by atoms with Gasteiger partial charge in [0, 0.05) is 29.4 Å². The van der Waals surface area contributed by atoms with E-state index in [0.717, 1.165) is 12.3 Å². The Labute approximate surface area is 166 Å². The quantitative estimate of drug-likeness (QED) is 0.521. The van der Waals surface area contributed by atoms with Crippen LogP contribution in [0.15, 0.2) is 58.5 Å². The number of hydrogen-bond donors (Lipinski definition) is 1. The zero-order valence-corrected chi connectivity index (χ0v) is 16.3. The molecule has 0 bridgehead atoms. The average Bonchev–Trinajstić information content (AvgIpc) is 3.30. The van der Waals surface area contributed by atoms with Crippen molar-refractivity contribution in [2.75, 3.05) is 11.9 Å². The molecule has 136 valence electrons. The molecule has 26 heavy (non-hydrogen) atoms. The van der Waals surface area contributed by atoms with E-state index in [9.17, 15) is 4.79 Å². The summed E-state index contributed by atoms with van der Waals surface area (Å²) in [4.78, 5) is 15.8. The van der Waals surface area contributed by atoms with Crippen LogP contribution >= 0.6 is 34.5 Å². The third-order valence-corrected chi connectivity index (χ3v) is 5.20. The molecular formula is C19H18Cl2N2O2S. The summed E-state index contributed by atoms with van der Waals surface area (Å²) < 4.78 is 5.44. The van der Waals surface area contributed by atoms with Crippen LogP contribution in [0.2, 0.25) is 10.0 Å². The van der Waals surface area contributed by atoms with Gasteiger partial charge in [-0.15, -0.1) is 11.3 Å². The molecule has 2 aromatic heterocycles. The highest BCUT2D eigenvalue weighted by molar-refractivity contribution is 7.09. The molecule has 0 aliphatic heterocycles. The first-order valence-electron chi connectivity index (χ1n) is 8.12. The highest BCUT2D eigenvalue weighted by Crippen LogP contribution is 2.25. The smallest absolute Gasteiger partial charge is 0.225 e. The van der Waals surface area contributed by atoms with Crippen molar-refractivity contribution in [2.45, 2.75) is 19.5 Å². The van der Waals surface area contributed by atoms with Gasteiger partial charge in [-0.3, -0.25) is 9.69 Å². The molecule has 0 saturated heterocycles. The van der Waals surface area contributed by atoms with Crippen molar-refractivity contribution in [3.05, 3.63) is 74.8 Å². The summed E-state index contributed by atoms with van der Waals surface area (Å²) >= 11 is 13.8. The van der Waals surface area contributed by atoms with Crippen LogP contribution in [0.5, 0.6) is 0 Å². The molecule has 2 heterocycles. The van der Waals surface area contributed by atoms with Crippen molar-refractivity contribution in [3.8, 4) is 0 Å². The molecule has 0 atom stereocenters. The van der Waals surface area contributed by atoms with Crippen LogP contribution in [0.1, 0.15) is 17.1 Å². The van der Waals surface area contributed by atoms with E-state index in [1.54, 1.807) is 35.8 Å². The van der Waals surface area contributed by atoms with E-state index in [1.165, 1.54) is 4.88 Å². The molecular weight excluding hydrogens is 391 g/mol. The van der Waals surface area contributed by atoms with Gasteiger partial charge in [-0.25, -0.2) is 0 Å². The second kappa shape index (κ2) is 9.24. The number of nitrogens with one attached hydrogen (secondary N) is 1. The minimum atomic E-state index is -0.107. The van der Waals surface area contributed by atoms with E-state index in [-0.39, 0.29) is 5.91 Å². The van der Waals surface area contributed by atoms with Crippen LogP contribution in [0, 0.1) is 0 Å². The maximum atomic E-state index is 12.3. The molecule has 0 radical (unpaired) electrons. The van der Waals surface area contributed by atoms with E-state index in [0.29, 0.717) is 35.2 Å². The van der Waals surface area contributed by atoms with Crippen molar-refractivity contribution in [1.29, 1.82) is 0 Å². The van der Waals surface area contributed by atoms with Crippen molar-refractivity contribution in [1.82, 2.24) is 4.90 Å². The summed E-state index contributed by atoms with van der Waals surface area (Å²) in [6, 6.07) is 12.9. The fraction of sp³-hybridized carbons (Fsp3) is 0.211. The molecule has 1 N–H and O–H groups in total. The molecule has 0 aliphatic carbocycles. The summed E-state index contributed by atoms with van der Waals surface area (Å²) in [5.41, 5.74) is 0.528. The number of carbonyl (C=O) groups excluding carboxylic acids is 1. The van der Waals surface area contributed by atoms with Gasteiger partial charge in [-0.2, -0.15) is 0 Å². The molecule has 0 saturated carbocycles. The minimum absolute atomic E-state index is 0.107. The Balaban J connectivity index is 1.59. The first-order valence-corrected chi connectivity index (χ1v) is 9.76. The number of hydrogen-bond acceptors (Lipinski definition) is 4. The zero-order chi connectivity index (χ0) is 18.4. The van der Waals surface area contributed by atoms with E-state index in [1.807, 2.05) is 23.6 Å². The highest BCUT2D eigenvalue weighted by atomic mass is 35.5. The number of furan rings is 1. The number of amides is 1. The van der Waals surface area contributed by atoms with Crippen LogP contribution in [-0.4, -0.2) is 17.4 Å². The molecule has 3 rings (SSSR count). The van der Waals surface area contributed by atoms with Crippen molar-refractivity contribution < 1.29 is 9.21 Å². The summed E-state index contributed by atoms with van der Waals surface area (Å²) in [5, 5.41) is 5.87. The number of nitrogens with zero attached hydrogens (tertiary/aromatic N) is 1. The molecule has 0 unspecified atom stereocenters. The zero-order valence-electron chi connectivity index (χ0n) is 14.0. The largest absolute Gasteiger partial charge is 0.468 e. The van der Waals surface area contributed by atoms with Gasteiger partial charge in [0.2, 0.25) is 5.91 Å². The topological polar surface area (TPSA) is 45.5 Å². The van der Waals surface area contributed by atoms with Crippen LogP contribution in [0.3, 0.4) is 0 Å². The fourth-order valence-electron chi connectivity index (χ4n) is 2.53. The Hall–Kier alpha value is -1.79. The monoisotopic (exact) mass is 408 g/mol. The van der Waals surface area contributed by atoms with Gasteiger partial charge in [-0.05, 0) is 41.8 Å². The van der Waals surface area contributed by atoms with Gasteiger partial charge in [0.1, 0.15) is 5.76 Å². The Bertz CT molecular complexity index is 799. The first-order chi connectivity index (χ1) is 12.6. The Morgan fingerprint density at radius 1 is 1.15 bits per heavy atom. The summed E-state index contributed by atoms with van der Waals surface area (Å²) in [6.45, 7) is 2.02. The molecule has 1 amide bonds. The molecule has 0 fully saturated rings. The summed E-state index contributed by atoms with van der Waals surface area (Å²) in [6.07, 6.45) is 2.00. The van der Waals surface area contributed by atoms with Gasteiger partial charge in [-0.1, -0.05) is 29.3 Å². The summed E-state index contributed by atoms with van der Waals surface area (Å²) in [7, 11) is 0. The lowest BCUT2D eigenvalue weighted by atomic mass is 10.2. The number of halogens is 2. The number of thiophene rings is 1. The standard InChI is InChI=1S/C19H18Cl2N2O2S/c20-14-5-6-17(21)18(11-14)22-19(24)7-8-23(12-15-3-1-9-25-15)13-16-4-2-10-26-16/h1-6,9-11H,7-8,12-13H2,(H,22,24). The van der Waals surface area contributed by atoms with Crippen molar-refractivity contribution >= 4 is 46.1 Å². The van der Waals surface area contributed by atoms with Gasteiger partial charge in [0.05, 0.1) is 23.5 Å². The number of rotatable bonds is 8. The SMILES string of the molecule is O=C(CCN(Cc1ccco1)Cc1cccs1)Nc1cc(Cl)ccc1Cl. The lowest BCUT2D eigenvalue weighted by molar-refractivity contribution is -0.116. The van der Waals surface area contributed by atoms with E-state index in [2.05, 4.69) is 16.3 Å². The minimum Gasteiger partial charge on any atom is -0.468 e. The molecule has 0 aliphatic rings. The van der Waals surface area contributed by atoms with E-state index in [4.69, 9.17) is 27.6 Å². The molecule has 0 spiro atoms. The molecule has 7 heteroatoms. The van der Waals surface area contributed by atoms with Gasteiger partial charge >= 0.3 is 0 Å². The lowest BCUT2D eigenvalue weighted by Gasteiger charge is -2.20. The van der Waals surface area contributed by atoms with Crippen LogP contribution in [0.25, 0.3) is 0 Å². The molecule has 4 nitrogen and oxygen atoms in total. The molecule has 1 aromatic carbocycles. The second-order valence-corrected chi connectivity index (χ2v) is 7.67. The lowest BCUT2D eigenvalue weighted by Crippen LogP contribution is -2.27. The van der Waals surface area contributed by atoms with E-state index < -0.39 is 0 Å². The Kier molecular flexibility index (Phi) is 6.74. The maximum absolute atomic E-state index is 12.3. The van der Waals surface area contributed by atoms with Crippen molar-refractivity contribution in [2.24, 2.45) is 0 Å². The third-order valence-electron chi connectivity index (χ3n) is 3.78.